The highest BCUT2D eigenvalue weighted by molar-refractivity contribution is 4.59. The van der Waals surface area contributed by atoms with E-state index in [-0.39, 0.29) is 0 Å². The van der Waals surface area contributed by atoms with Crippen molar-refractivity contribution < 1.29 is 0 Å². The summed E-state index contributed by atoms with van der Waals surface area (Å²) in [5.41, 5.74) is 0. The van der Waals surface area contributed by atoms with Gasteiger partial charge in [0, 0.05) is 26.2 Å². The normalized spacial score (nSPS) is 21.1. The molecule has 0 unspecified atom stereocenters. The molecule has 0 aromatic heterocycles. The van der Waals surface area contributed by atoms with Crippen molar-refractivity contribution in [3.8, 4) is 0 Å². The molecule has 0 amide bonds. The highest BCUT2D eigenvalue weighted by Gasteiger charge is 2.07. The van der Waals surface area contributed by atoms with Crippen molar-refractivity contribution in [3.63, 3.8) is 0 Å². The molecule has 0 N–H and O–H groups in total. The lowest BCUT2D eigenvalue weighted by atomic mass is 10.2. The van der Waals surface area contributed by atoms with E-state index < -0.39 is 0 Å². The highest BCUT2D eigenvalue weighted by Crippen LogP contribution is 2.08. The minimum atomic E-state index is 1.09. The van der Waals surface area contributed by atoms with Crippen molar-refractivity contribution in [1.29, 1.82) is 0 Å². The summed E-state index contributed by atoms with van der Waals surface area (Å²) in [5.74, 6) is 0. The zero-order valence-electron chi connectivity index (χ0n) is 11.0. The van der Waals surface area contributed by atoms with E-state index in [1.165, 1.54) is 32.1 Å². The van der Waals surface area contributed by atoms with Crippen LogP contribution in [0.2, 0.25) is 0 Å². The maximum Gasteiger partial charge on any atom is 0.0509 e. The van der Waals surface area contributed by atoms with E-state index in [1.54, 1.807) is 14.1 Å². The Morgan fingerprint density at radius 1 is 0.588 bits per heavy atom. The first-order valence-electron chi connectivity index (χ1n) is 6.46. The summed E-state index contributed by atoms with van der Waals surface area (Å²) in [4.78, 5) is 0. The molecule has 2 saturated heterocycles. The molecule has 0 aromatic carbocycles. The molecule has 2 aliphatic rings. The fourth-order valence-electron chi connectivity index (χ4n) is 2.01. The van der Waals surface area contributed by atoms with Gasteiger partial charge in [-0.25, -0.2) is 0 Å². The van der Waals surface area contributed by atoms with Crippen LogP contribution in [0.15, 0.2) is 20.7 Å². The predicted molar refractivity (Wildman–Crippen MR) is 67.8 cm³/mol. The van der Waals surface area contributed by atoms with E-state index >= 15 is 0 Å². The molecule has 6 nitrogen and oxygen atoms in total. The van der Waals surface area contributed by atoms with Crippen LogP contribution in [-0.2, 0) is 0 Å². The van der Waals surface area contributed by atoms with Crippen LogP contribution in [0.1, 0.15) is 32.1 Å². The van der Waals surface area contributed by atoms with Crippen LogP contribution in [0.3, 0.4) is 0 Å². The van der Waals surface area contributed by atoms with E-state index in [1.807, 2.05) is 10.0 Å². The van der Waals surface area contributed by atoms with Crippen molar-refractivity contribution in [2.75, 3.05) is 40.3 Å². The molecule has 0 saturated carbocycles. The third-order valence-corrected chi connectivity index (χ3v) is 2.85. The maximum absolute atomic E-state index is 3.94. The molecule has 17 heavy (non-hydrogen) atoms. The molecule has 0 bridgehead atoms. The zero-order valence-corrected chi connectivity index (χ0v) is 11.0. The Balaban J connectivity index is 0.000000171. The topological polar surface area (TPSA) is 55.9 Å². The smallest absolute Gasteiger partial charge is 0.0509 e. The maximum atomic E-state index is 3.94. The van der Waals surface area contributed by atoms with Crippen LogP contribution in [-0.4, -0.2) is 50.3 Å². The largest absolute Gasteiger partial charge is 0.279 e. The van der Waals surface area contributed by atoms with E-state index in [0.717, 1.165) is 26.2 Å². The lowest BCUT2D eigenvalue weighted by Gasteiger charge is -2.21. The van der Waals surface area contributed by atoms with Crippen LogP contribution in [0, 0.1) is 0 Å². The second kappa shape index (κ2) is 8.90. The van der Waals surface area contributed by atoms with Gasteiger partial charge in [0.25, 0.3) is 0 Å². The third kappa shape index (κ3) is 6.19. The van der Waals surface area contributed by atoms with Crippen molar-refractivity contribution in [3.05, 3.63) is 0 Å². The molecule has 2 heterocycles. The Hall–Kier alpha value is -1.20. The van der Waals surface area contributed by atoms with E-state index in [0.29, 0.717) is 0 Å². The van der Waals surface area contributed by atoms with Gasteiger partial charge < -0.3 is 0 Å². The van der Waals surface area contributed by atoms with Crippen LogP contribution >= 0.6 is 0 Å². The molecule has 98 valence electrons. The second-order valence-corrected chi connectivity index (χ2v) is 4.25. The van der Waals surface area contributed by atoms with Gasteiger partial charge in [0.2, 0.25) is 0 Å². The van der Waals surface area contributed by atoms with E-state index in [2.05, 4.69) is 20.7 Å². The average molecular weight is 240 g/mol. The molecule has 2 rings (SSSR count). The Labute approximate surface area is 104 Å². The van der Waals surface area contributed by atoms with Crippen molar-refractivity contribution in [2.24, 2.45) is 20.7 Å². The Kier molecular flexibility index (Phi) is 7.25. The molecule has 0 aromatic rings. The summed E-state index contributed by atoms with van der Waals surface area (Å²) >= 11 is 0. The van der Waals surface area contributed by atoms with Gasteiger partial charge in [-0.15, -0.1) is 0 Å². The van der Waals surface area contributed by atoms with Crippen LogP contribution in [0.25, 0.3) is 0 Å². The molecule has 2 fully saturated rings. The van der Waals surface area contributed by atoms with Crippen LogP contribution < -0.4 is 0 Å². The summed E-state index contributed by atoms with van der Waals surface area (Å²) in [6, 6.07) is 0. The van der Waals surface area contributed by atoms with Gasteiger partial charge in [-0.05, 0) is 32.1 Å². The molecular formula is C11H24N6. The number of hydrogen-bond acceptors (Lipinski definition) is 4. The number of rotatable bonds is 2. The standard InChI is InChI=1S/C6H13N3.C5H11N3/c1-7-8-9-5-3-2-4-6-9;1-6-7-8-4-2-3-5-8/h2-6H2,1H3;2-5H2,1H3. The van der Waals surface area contributed by atoms with E-state index in [9.17, 15) is 0 Å². The quantitative estimate of drug-likeness (QED) is 0.696. The van der Waals surface area contributed by atoms with Gasteiger partial charge in [0.05, 0.1) is 14.1 Å². The summed E-state index contributed by atoms with van der Waals surface area (Å²) in [7, 11) is 3.42. The summed E-state index contributed by atoms with van der Waals surface area (Å²) in [6.45, 7) is 4.38. The zero-order chi connectivity index (χ0) is 12.3. The number of nitrogens with zero attached hydrogens (tertiary/aromatic N) is 6. The van der Waals surface area contributed by atoms with Crippen molar-refractivity contribution >= 4 is 0 Å². The highest BCUT2D eigenvalue weighted by atomic mass is 15.5. The van der Waals surface area contributed by atoms with Crippen LogP contribution in [0.4, 0.5) is 0 Å². The molecule has 2 aliphatic heterocycles. The van der Waals surface area contributed by atoms with Gasteiger partial charge >= 0.3 is 0 Å². The fourth-order valence-corrected chi connectivity index (χ4v) is 2.01. The summed E-state index contributed by atoms with van der Waals surface area (Å²) in [5, 5.41) is 19.2. The third-order valence-electron chi connectivity index (χ3n) is 2.85. The Morgan fingerprint density at radius 3 is 1.29 bits per heavy atom. The van der Waals surface area contributed by atoms with Crippen molar-refractivity contribution in [2.45, 2.75) is 32.1 Å². The number of hydrogen-bond donors (Lipinski definition) is 0. The minimum Gasteiger partial charge on any atom is -0.279 e. The lowest BCUT2D eigenvalue weighted by Crippen LogP contribution is -2.23. The van der Waals surface area contributed by atoms with Crippen LogP contribution in [0.5, 0.6) is 0 Å². The van der Waals surface area contributed by atoms with Crippen molar-refractivity contribution in [1.82, 2.24) is 10.0 Å². The SMILES string of the molecule is CN=NN1CCCC1.CN=NN1CCCCC1. The summed E-state index contributed by atoms with van der Waals surface area (Å²) in [6.07, 6.45) is 6.46. The Morgan fingerprint density at radius 2 is 0.941 bits per heavy atom. The minimum absolute atomic E-state index is 1.09. The first-order valence-corrected chi connectivity index (χ1v) is 6.46. The Bertz CT molecular complexity index is 228. The first-order chi connectivity index (χ1) is 8.36. The summed E-state index contributed by atoms with van der Waals surface area (Å²) < 4.78 is 0. The predicted octanol–water partition coefficient (Wildman–Crippen LogP) is 2.55. The van der Waals surface area contributed by atoms with Gasteiger partial charge in [-0.2, -0.15) is 10.2 Å². The van der Waals surface area contributed by atoms with Gasteiger partial charge in [-0.1, -0.05) is 10.4 Å². The molecular weight excluding hydrogens is 216 g/mol. The monoisotopic (exact) mass is 240 g/mol. The van der Waals surface area contributed by atoms with Gasteiger partial charge in [0.15, 0.2) is 0 Å². The fraction of sp³-hybridized carbons (Fsp3) is 1.00. The van der Waals surface area contributed by atoms with E-state index in [4.69, 9.17) is 0 Å². The molecule has 0 atom stereocenters. The molecule has 0 aliphatic carbocycles. The van der Waals surface area contributed by atoms with Gasteiger partial charge in [-0.3, -0.25) is 10.0 Å². The molecule has 0 spiro atoms. The average Bonchev–Trinajstić information content (AvgIpc) is 2.85. The van der Waals surface area contributed by atoms with Gasteiger partial charge in [0.1, 0.15) is 0 Å². The first kappa shape index (κ1) is 13.9. The number of piperidine rings is 1. The molecule has 6 heteroatoms. The second-order valence-electron chi connectivity index (χ2n) is 4.25. The molecule has 0 radical (unpaired) electrons. The lowest BCUT2D eigenvalue weighted by molar-refractivity contribution is 0.223.